The molecule has 0 radical (unpaired) electrons. The second kappa shape index (κ2) is 18.4. The number of pyridine rings is 1. The highest BCUT2D eigenvalue weighted by molar-refractivity contribution is 5.79. The van der Waals surface area contributed by atoms with Crippen LogP contribution in [0.4, 0.5) is 17.6 Å². The van der Waals surface area contributed by atoms with Gasteiger partial charge in [0.25, 0.3) is 0 Å². The number of halogens is 4. The molecule has 3 aromatic carbocycles. The molecular formula is C41H46F4N2. The second-order valence-electron chi connectivity index (χ2n) is 10.7. The number of nitrogens with one attached hydrogen (secondary N) is 1. The summed E-state index contributed by atoms with van der Waals surface area (Å²) in [7, 11) is 0. The number of rotatable bonds is 5. The summed E-state index contributed by atoms with van der Waals surface area (Å²) in [5.41, 5.74) is 5.46. The first-order valence-electron chi connectivity index (χ1n) is 15.8. The normalized spacial score (nSPS) is 15.7. The van der Waals surface area contributed by atoms with Gasteiger partial charge in [-0.1, -0.05) is 75.4 Å². The summed E-state index contributed by atoms with van der Waals surface area (Å²) in [6.45, 7) is 19.4. The van der Waals surface area contributed by atoms with Crippen molar-refractivity contribution >= 4 is 11.3 Å². The molecule has 0 spiro atoms. The molecule has 0 saturated heterocycles. The molecule has 1 aliphatic rings. The van der Waals surface area contributed by atoms with E-state index in [1.54, 1.807) is 49.5 Å². The summed E-state index contributed by atoms with van der Waals surface area (Å²) in [6.07, 6.45) is 11.9. The zero-order chi connectivity index (χ0) is 35.1. The van der Waals surface area contributed by atoms with Crippen molar-refractivity contribution in [2.75, 3.05) is 0 Å². The largest absolute Gasteiger partial charge is 0.371 e. The van der Waals surface area contributed by atoms with Crippen molar-refractivity contribution in [3.05, 3.63) is 161 Å². The minimum atomic E-state index is -1.15. The van der Waals surface area contributed by atoms with E-state index in [1.807, 2.05) is 26.8 Å². The Morgan fingerprint density at radius 3 is 1.89 bits per heavy atom. The third-order valence-corrected chi connectivity index (χ3v) is 7.56. The number of aromatic nitrogens is 1. The molecule has 1 atom stereocenters. The molecule has 4 aromatic rings. The summed E-state index contributed by atoms with van der Waals surface area (Å²) < 4.78 is 56.7. The van der Waals surface area contributed by atoms with Crippen LogP contribution < -0.4 is 5.32 Å². The van der Waals surface area contributed by atoms with Gasteiger partial charge in [0.2, 0.25) is 0 Å². The van der Waals surface area contributed by atoms with Gasteiger partial charge in [-0.25, -0.2) is 17.6 Å². The molecule has 0 saturated carbocycles. The molecule has 2 heterocycles. The van der Waals surface area contributed by atoms with E-state index in [4.69, 9.17) is 0 Å². The Morgan fingerprint density at radius 2 is 1.38 bits per heavy atom. The Labute approximate surface area is 278 Å². The van der Waals surface area contributed by atoms with Crippen molar-refractivity contribution in [1.82, 2.24) is 10.3 Å². The van der Waals surface area contributed by atoms with Gasteiger partial charge in [0.05, 0.1) is 11.2 Å². The Kier molecular flexibility index (Phi) is 15.1. The lowest BCUT2D eigenvalue weighted by Gasteiger charge is -2.30. The van der Waals surface area contributed by atoms with Gasteiger partial charge >= 0.3 is 0 Å². The highest BCUT2D eigenvalue weighted by atomic mass is 19.2. The number of allylic oxidation sites excluding steroid dienone is 6. The molecule has 1 aromatic heterocycles. The highest BCUT2D eigenvalue weighted by Gasteiger charge is 2.41. The number of nitrogens with zero attached hydrogens (tertiary/aromatic N) is 1. The van der Waals surface area contributed by atoms with E-state index in [0.29, 0.717) is 33.6 Å². The number of benzene rings is 3. The second-order valence-corrected chi connectivity index (χ2v) is 10.7. The first kappa shape index (κ1) is 38.5. The van der Waals surface area contributed by atoms with Crippen LogP contribution in [-0.2, 0) is 5.54 Å². The van der Waals surface area contributed by atoms with Crippen LogP contribution >= 0.6 is 0 Å². The van der Waals surface area contributed by atoms with Crippen molar-refractivity contribution in [3.63, 3.8) is 0 Å². The van der Waals surface area contributed by atoms with Crippen LogP contribution in [0.3, 0.4) is 0 Å². The van der Waals surface area contributed by atoms with E-state index in [9.17, 15) is 17.6 Å². The molecule has 6 heteroatoms. The maximum Gasteiger partial charge on any atom is 0.159 e. The van der Waals surface area contributed by atoms with Crippen LogP contribution in [0.25, 0.3) is 22.5 Å². The predicted molar refractivity (Wildman–Crippen MR) is 191 cm³/mol. The van der Waals surface area contributed by atoms with Crippen LogP contribution in [0, 0.1) is 30.2 Å². The summed E-state index contributed by atoms with van der Waals surface area (Å²) in [4.78, 5) is 4.26. The molecule has 2 nitrogen and oxygen atoms in total. The smallest absolute Gasteiger partial charge is 0.159 e. The maximum absolute atomic E-state index is 14.3. The van der Waals surface area contributed by atoms with Gasteiger partial charge in [0, 0.05) is 23.0 Å². The van der Waals surface area contributed by atoms with E-state index in [-0.39, 0.29) is 0 Å². The summed E-state index contributed by atoms with van der Waals surface area (Å²) in [6, 6.07) is 17.9. The van der Waals surface area contributed by atoms with Crippen LogP contribution in [0.15, 0.2) is 110 Å². The van der Waals surface area contributed by atoms with Crippen molar-refractivity contribution in [2.24, 2.45) is 0 Å². The topological polar surface area (TPSA) is 24.9 Å². The predicted octanol–water partition coefficient (Wildman–Crippen LogP) is 12.1. The number of aryl methyl sites for hydroxylation is 1. The third kappa shape index (κ3) is 9.41. The SMILES string of the molecule is C/C=C(\C)c1ccccc1C.C/C=C\C=C1/NC(C)(c2cc(F)c(F)cc2-c2ccccn2)c2cc(F)c(F)cc21.C=CCC.CC. The molecule has 47 heavy (non-hydrogen) atoms. The van der Waals surface area contributed by atoms with E-state index in [2.05, 4.69) is 74.9 Å². The van der Waals surface area contributed by atoms with Crippen molar-refractivity contribution in [2.45, 2.75) is 67.3 Å². The number of hydrogen-bond donors (Lipinski definition) is 1. The Bertz CT molecular complexity index is 1720. The van der Waals surface area contributed by atoms with E-state index in [0.717, 1.165) is 30.7 Å². The first-order valence-corrected chi connectivity index (χ1v) is 15.8. The summed E-state index contributed by atoms with van der Waals surface area (Å²) in [5, 5.41) is 3.25. The fourth-order valence-corrected chi connectivity index (χ4v) is 4.99. The fourth-order valence-electron chi connectivity index (χ4n) is 4.99. The van der Waals surface area contributed by atoms with Crippen LogP contribution in [-0.4, -0.2) is 4.98 Å². The van der Waals surface area contributed by atoms with Gasteiger partial charge in [0.1, 0.15) is 0 Å². The average Bonchev–Trinajstić information content (AvgIpc) is 3.37. The minimum absolute atomic E-state index is 0.354. The van der Waals surface area contributed by atoms with Crippen LogP contribution in [0.1, 0.15) is 82.7 Å². The van der Waals surface area contributed by atoms with Gasteiger partial charge in [0.15, 0.2) is 23.3 Å². The molecule has 1 N–H and O–H groups in total. The Balaban J connectivity index is 0.000000374. The molecular weight excluding hydrogens is 596 g/mol. The molecule has 248 valence electrons. The standard InChI is InChI=1S/C24H18F4N2.C11H14.C4H8.C2H6/c1-3-4-7-23-15-11-19(26)21(28)13-17(15)24(2,30-23)16-12-20(27)18(25)10-14(16)22-8-5-6-9-29-22;1-4-9(2)11-8-6-5-7-10(11)3;1-3-4-2;1-2/h3-13,30H,1-2H3;4-8H,1-3H3;3H,1,4H2,2H3;1-2H3/b4-3-,23-7-;9-4+;;. The lowest BCUT2D eigenvalue weighted by atomic mass is 9.81. The van der Waals surface area contributed by atoms with Gasteiger partial charge in [-0.2, -0.15) is 0 Å². The fraction of sp³-hybridized carbons (Fsp3) is 0.244. The molecule has 0 aliphatic carbocycles. The summed E-state index contributed by atoms with van der Waals surface area (Å²) in [5.74, 6) is -4.06. The first-order chi connectivity index (χ1) is 22.5. The van der Waals surface area contributed by atoms with Gasteiger partial charge in [-0.15, -0.1) is 6.58 Å². The zero-order valence-electron chi connectivity index (χ0n) is 28.7. The number of fused-ring (bicyclic) bond motifs is 1. The van der Waals surface area contributed by atoms with Gasteiger partial charge in [-0.3, -0.25) is 4.98 Å². The van der Waals surface area contributed by atoms with Crippen molar-refractivity contribution in [3.8, 4) is 11.3 Å². The summed E-state index contributed by atoms with van der Waals surface area (Å²) >= 11 is 0. The zero-order valence-corrected chi connectivity index (χ0v) is 28.7. The highest BCUT2D eigenvalue weighted by Crippen LogP contribution is 2.45. The van der Waals surface area contributed by atoms with Crippen molar-refractivity contribution < 1.29 is 17.6 Å². The quantitative estimate of drug-likeness (QED) is 0.173. The van der Waals surface area contributed by atoms with E-state index >= 15 is 0 Å². The molecule has 1 unspecified atom stereocenters. The molecule has 5 rings (SSSR count). The van der Waals surface area contributed by atoms with Crippen molar-refractivity contribution in [1.29, 1.82) is 0 Å². The van der Waals surface area contributed by atoms with Gasteiger partial charge in [-0.05, 0) is 111 Å². The molecule has 0 amide bonds. The Hall–Kier alpha value is -4.71. The Morgan fingerprint density at radius 1 is 0.851 bits per heavy atom. The van der Waals surface area contributed by atoms with Crippen LogP contribution in [0.2, 0.25) is 0 Å². The average molecular weight is 643 g/mol. The molecule has 0 fully saturated rings. The number of hydrogen-bond acceptors (Lipinski definition) is 2. The maximum atomic E-state index is 14.3. The third-order valence-electron chi connectivity index (χ3n) is 7.56. The van der Waals surface area contributed by atoms with E-state index < -0.39 is 28.8 Å². The lowest BCUT2D eigenvalue weighted by molar-refractivity contribution is 0.486. The molecule has 1 aliphatic heterocycles. The molecule has 0 bridgehead atoms. The minimum Gasteiger partial charge on any atom is -0.371 e. The van der Waals surface area contributed by atoms with Gasteiger partial charge < -0.3 is 5.32 Å². The van der Waals surface area contributed by atoms with E-state index in [1.165, 1.54) is 16.7 Å². The van der Waals surface area contributed by atoms with Crippen LogP contribution in [0.5, 0.6) is 0 Å². The lowest BCUT2D eigenvalue weighted by Crippen LogP contribution is -2.35. The monoisotopic (exact) mass is 642 g/mol.